The molecule has 8 heteroatoms. The number of H-pyrrole nitrogens is 1. The van der Waals surface area contributed by atoms with Crippen LogP contribution >= 0.6 is 0 Å². The van der Waals surface area contributed by atoms with Crippen LogP contribution in [0.2, 0.25) is 0 Å². The van der Waals surface area contributed by atoms with Gasteiger partial charge < -0.3 is 15.0 Å². The Bertz CT molecular complexity index is 842. The van der Waals surface area contributed by atoms with Gasteiger partial charge in [0.25, 0.3) is 0 Å². The van der Waals surface area contributed by atoms with Gasteiger partial charge in [-0.1, -0.05) is 0 Å². The second kappa shape index (κ2) is 8.00. The number of aromatic nitrogens is 3. The summed E-state index contributed by atoms with van der Waals surface area (Å²) in [6.45, 7) is 2.50. The minimum atomic E-state index is -0.302. The number of hydrogen-bond acceptors (Lipinski definition) is 5. The summed E-state index contributed by atoms with van der Waals surface area (Å²) in [5.74, 6) is 1.09. The molecule has 1 aromatic heterocycles. The van der Waals surface area contributed by atoms with Crippen molar-refractivity contribution in [3.8, 4) is 0 Å². The standard InChI is InChI=1S/C20H25N5O3/c1-13-21-18(24-23-13)17-7-4-12-25(17)20(27)22-15-10-8-14(9-11-15)19(26)28-16-5-2-3-6-16/h8-11,16-17H,2-7,12H2,1H3,(H,22,27)(H,21,23,24). The molecule has 148 valence electrons. The highest BCUT2D eigenvalue weighted by atomic mass is 16.5. The fourth-order valence-corrected chi connectivity index (χ4v) is 3.90. The summed E-state index contributed by atoms with van der Waals surface area (Å²) in [6, 6.07) is 6.52. The van der Waals surface area contributed by atoms with Gasteiger partial charge in [0.2, 0.25) is 0 Å². The second-order valence-corrected chi connectivity index (χ2v) is 7.45. The van der Waals surface area contributed by atoms with Crippen molar-refractivity contribution in [1.29, 1.82) is 0 Å². The van der Waals surface area contributed by atoms with Gasteiger partial charge in [-0.2, -0.15) is 5.10 Å². The number of benzene rings is 1. The molecular formula is C20H25N5O3. The molecule has 1 aliphatic heterocycles. The Labute approximate surface area is 163 Å². The van der Waals surface area contributed by atoms with E-state index in [9.17, 15) is 9.59 Å². The molecule has 28 heavy (non-hydrogen) atoms. The first-order valence-electron chi connectivity index (χ1n) is 9.88. The Kier molecular flexibility index (Phi) is 5.27. The van der Waals surface area contributed by atoms with Gasteiger partial charge in [-0.3, -0.25) is 5.10 Å². The molecule has 2 aromatic rings. The van der Waals surface area contributed by atoms with E-state index < -0.39 is 0 Å². The number of rotatable bonds is 4. The summed E-state index contributed by atoms with van der Waals surface area (Å²) in [6.07, 6.45) is 5.93. The predicted molar refractivity (Wildman–Crippen MR) is 103 cm³/mol. The van der Waals surface area contributed by atoms with Crippen LogP contribution in [0, 0.1) is 6.92 Å². The molecule has 1 atom stereocenters. The number of esters is 1. The van der Waals surface area contributed by atoms with Crippen LogP contribution in [0.4, 0.5) is 10.5 Å². The number of nitrogens with one attached hydrogen (secondary N) is 2. The van der Waals surface area contributed by atoms with E-state index in [4.69, 9.17) is 4.74 Å². The lowest BCUT2D eigenvalue weighted by atomic mass is 10.2. The number of hydrogen-bond donors (Lipinski definition) is 2. The molecule has 4 rings (SSSR count). The zero-order valence-corrected chi connectivity index (χ0v) is 16.0. The van der Waals surface area contributed by atoms with E-state index in [1.807, 2.05) is 6.92 Å². The first-order chi connectivity index (χ1) is 13.6. The number of carbonyl (C=O) groups is 2. The third kappa shape index (κ3) is 4.00. The van der Waals surface area contributed by atoms with Crippen LogP contribution in [-0.4, -0.2) is 44.7 Å². The normalized spacial score (nSPS) is 19.8. The fourth-order valence-electron chi connectivity index (χ4n) is 3.90. The molecule has 8 nitrogen and oxygen atoms in total. The molecule has 0 radical (unpaired) electrons. The highest BCUT2D eigenvalue weighted by Crippen LogP contribution is 2.30. The largest absolute Gasteiger partial charge is 0.459 e. The van der Waals surface area contributed by atoms with Crippen molar-refractivity contribution in [3.63, 3.8) is 0 Å². The molecule has 2 amide bonds. The smallest absolute Gasteiger partial charge is 0.338 e. The lowest BCUT2D eigenvalue weighted by Gasteiger charge is -2.23. The molecule has 2 N–H and O–H groups in total. The first-order valence-corrected chi connectivity index (χ1v) is 9.88. The minimum absolute atomic E-state index is 0.0401. The van der Waals surface area contributed by atoms with Gasteiger partial charge >= 0.3 is 12.0 Å². The summed E-state index contributed by atoms with van der Waals surface area (Å²) < 4.78 is 5.51. The quantitative estimate of drug-likeness (QED) is 0.786. The number of ether oxygens (including phenoxy) is 1. The van der Waals surface area contributed by atoms with Gasteiger partial charge in [-0.05, 0) is 69.7 Å². The number of aromatic amines is 1. The molecule has 1 saturated carbocycles. The molecule has 0 spiro atoms. The Morgan fingerprint density at radius 1 is 1.14 bits per heavy atom. The number of amides is 2. The van der Waals surface area contributed by atoms with Crippen molar-refractivity contribution >= 4 is 17.7 Å². The zero-order valence-electron chi connectivity index (χ0n) is 16.0. The molecule has 1 saturated heterocycles. The van der Waals surface area contributed by atoms with E-state index in [0.717, 1.165) is 44.3 Å². The Hall–Kier alpha value is -2.90. The van der Waals surface area contributed by atoms with Gasteiger partial charge in [0.1, 0.15) is 11.9 Å². The maximum Gasteiger partial charge on any atom is 0.338 e. The van der Waals surface area contributed by atoms with E-state index in [0.29, 0.717) is 23.6 Å². The second-order valence-electron chi connectivity index (χ2n) is 7.45. The van der Waals surface area contributed by atoms with Crippen molar-refractivity contribution in [2.24, 2.45) is 0 Å². The zero-order chi connectivity index (χ0) is 19.5. The molecule has 1 aliphatic carbocycles. The van der Waals surface area contributed by atoms with Crippen molar-refractivity contribution in [2.45, 2.75) is 57.6 Å². The van der Waals surface area contributed by atoms with Crippen LogP contribution in [0.25, 0.3) is 0 Å². The van der Waals surface area contributed by atoms with E-state index in [2.05, 4.69) is 20.5 Å². The van der Waals surface area contributed by atoms with Crippen molar-refractivity contribution < 1.29 is 14.3 Å². The number of urea groups is 1. The lowest BCUT2D eigenvalue weighted by Crippen LogP contribution is -2.34. The summed E-state index contributed by atoms with van der Waals surface area (Å²) in [5, 5.41) is 9.93. The molecule has 1 aromatic carbocycles. The van der Waals surface area contributed by atoms with Crippen LogP contribution in [0.3, 0.4) is 0 Å². The van der Waals surface area contributed by atoms with E-state index in [-0.39, 0.29) is 24.1 Å². The average Bonchev–Trinajstić information content (AvgIpc) is 3.43. The number of likely N-dealkylation sites (tertiary alicyclic amines) is 1. The molecule has 2 fully saturated rings. The summed E-state index contributed by atoms with van der Waals surface area (Å²) in [4.78, 5) is 31.0. The topological polar surface area (TPSA) is 100 Å². The molecule has 0 bridgehead atoms. The Balaban J connectivity index is 1.37. The highest BCUT2D eigenvalue weighted by Gasteiger charge is 2.32. The molecule has 2 aliphatic rings. The number of aryl methyl sites for hydroxylation is 1. The highest BCUT2D eigenvalue weighted by molar-refractivity contribution is 5.92. The van der Waals surface area contributed by atoms with Gasteiger partial charge in [0, 0.05) is 12.2 Å². The number of nitrogens with zero attached hydrogens (tertiary/aromatic N) is 3. The van der Waals surface area contributed by atoms with Crippen LogP contribution in [0.1, 0.15) is 66.6 Å². The van der Waals surface area contributed by atoms with Crippen LogP contribution in [0.5, 0.6) is 0 Å². The predicted octanol–water partition coefficient (Wildman–Crippen LogP) is 3.58. The number of anilines is 1. The van der Waals surface area contributed by atoms with Gasteiger partial charge in [0.05, 0.1) is 11.6 Å². The maximum absolute atomic E-state index is 12.7. The fraction of sp³-hybridized carbons (Fsp3) is 0.500. The summed E-state index contributed by atoms with van der Waals surface area (Å²) in [7, 11) is 0. The third-order valence-corrected chi connectivity index (χ3v) is 5.37. The van der Waals surface area contributed by atoms with E-state index in [1.54, 1.807) is 29.2 Å². The van der Waals surface area contributed by atoms with Gasteiger partial charge in [0.15, 0.2) is 5.82 Å². The summed E-state index contributed by atoms with van der Waals surface area (Å²) in [5.41, 5.74) is 1.14. The maximum atomic E-state index is 12.7. The van der Waals surface area contributed by atoms with Gasteiger partial charge in [-0.25, -0.2) is 14.6 Å². The van der Waals surface area contributed by atoms with Crippen LogP contribution in [-0.2, 0) is 4.74 Å². The monoisotopic (exact) mass is 383 g/mol. The van der Waals surface area contributed by atoms with Crippen LogP contribution < -0.4 is 5.32 Å². The SMILES string of the molecule is Cc1nc(C2CCCN2C(=O)Nc2ccc(C(=O)OC3CCCC3)cc2)n[nH]1. The Morgan fingerprint density at radius 3 is 2.57 bits per heavy atom. The third-order valence-electron chi connectivity index (χ3n) is 5.37. The first kappa shape index (κ1) is 18.5. The minimum Gasteiger partial charge on any atom is -0.459 e. The average molecular weight is 383 g/mol. The molecular weight excluding hydrogens is 358 g/mol. The van der Waals surface area contributed by atoms with E-state index >= 15 is 0 Å². The Morgan fingerprint density at radius 2 is 1.89 bits per heavy atom. The lowest BCUT2D eigenvalue weighted by molar-refractivity contribution is 0.0318. The summed E-state index contributed by atoms with van der Waals surface area (Å²) >= 11 is 0. The van der Waals surface area contributed by atoms with Crippen LogP contribution in [0.15, 0.2) is 24.3 Å². The molecule has 1 unspecified atom stereocenters. The van der Waals surface area contributed by atoms with Gasteiger partial charge in [-0.15, -0.1) is 0 Å². The number of carbonyl (C=O) groups excluding carboxylic acids is 2. The molecule has 2 heterocycles. The van der Waals surface area contributed by atoms with Crippen molar-refractivity contribution in [3.05, 3.63) is 41.5 Å². The van der Waals surface area contributed by atoms with E-state index in [1.165, 1.54) is 0 Å². The van der Waals surface area contributed by atoms with Crippen molar-refractivity contribution in [2.75, 3.05) is 11.9 Å². The van der Waals surface area contributed by atoms with Crippen molar-refractivity contribution in [1.82, 2.24) is 20.1 Å².